The molecule has 0 radical (unpaired) electrons. The van der Waals surface area contributed by atoms with E-state index in [1.165, 1.54) is 17.7 Å². The number of piperidine rings is 1. The highest BCUT2D eigenvalue weighted by molar-refractivity contribution is 5.79. The van der Waals surface area contributed by atoms with Gasteiger partial charge in [0.15, 0.2) is 5.58 Å². The SMILES string of the molecule is CC(Cc1ccccc1)NN.Cc1nc2n(c(=O)c1CCN1CCC(c3noc4cc(F)ccc34)CC1)CCCC2. The molecule has 1 unspecified atom stereocenters. The lowest BCUT2D eigenvalue weighted by atomic mass is 9.91. The molecule has 6 rings (SSSR count). The van der Waals surface area contributed by atoms with Gasteiger partial charge in [-0.2, -0.15) is 0 Å². The summed E-state index contributed by atoms with van der Waals surface area (Å²) in [5.74, 6) is 6.24. The molecule has 0 spiro atoms. The zero-order valence-electron chi connectivity index (χ0n) is 24.1. The molecule has 2 aromatic carbocycles. The third kappa shape index (κ3) is 7.09. The van der Waals surface area contributed by atoms with E-state index in [-0.39, 0.29) is 11.4 Å². The van der Waals surface area contributed by atoms with E-state index in [9.17, 15) is 9.18 Å². The van der Waals surface area contributed by atoms with Crippen molar-refractivity contribution < 1.29 is 8.91 Å². The van der Waals surface area contributed by atoms with Gasteiger partial charge in [0, 0.05) is 54.2 Å². The number of fused-ring (bicyclic) bond motifs is 2. The lowest BCUT2D eigenvalue weighted by Gasteiger charge is -2.31. The molecular formula is C32H41FN6O2. The molecule has 0 bridgehead atoms. The van der Waals surface area contributed by atoms with E-state index < -0.39 is 0 Å². The third-order valence-corrected chi connectivity index (χ3v) is 8.36. The third-order valence-electron chi connectivity index (χ3n) is 8.36. The maximum Gasteiger partial charge on any atom is 0.256 e. The molecule has 2 aromatic heterocycles. The van der Waals surface area contributed by atoms with Gasteiger partial charge in [-0.15, -0.1) is 0 Å². The Morgan fingerprint density at radius 1 is 1.12 bits per heavy atom. The average molecular weight is 561 g/mol. The summed E-state index contributed by atoms with van der Waals surface area (Å²) in [6.45, 7) is 7.62. The highest BCUT2D eigenvalue weighted by Gasteiger charge is 2.26. The summed E-state index contributed by atoms with van der Waals surface area (Å²) in [5.41, 5.74) is 7.41. The number of likely N-dealkylation sites (tertiary alicyclic amines) is 1. The quantitative estimate of drug-likeness (QED) is 0.250. The molecule has 1 fully saturated rings. The van der Waals surface area contributed by atoms with Crippen LogP contribution in [0.25, 0.3) is 11.0 Å². The molecule has 2 aliphatic rings. The maximum absolute atomic E-state index is 13.4. The summed E-state index contributed by atoms with van der Waals surface area (Å²) in [5, 5.41) is 5.15. The summed E-state index contributed by atoms with van der Waals surface area (Å²) in [4.78, 5) is 20.1. The number of nitrogens with one attached hydrogen (secondary N) is 1. The van der Waals surface area contributed by atoms with Crippen molar-refractivity contribution in [3.8, 4) is 0 Å². The number of hydrazine groups is 1. The molecule has 2 aliphatic heterocycles. The van der Waals surface area contributed by atoms with Crippen molar-refractivity contribution in [1.29, 1.82) is 0 Å². The second kappa shape index (κ2) is 13.5. The Balaban J connectivity index is 0.000000259. The van der Waals surface area contributed by atoms with Crippen LogP contribution in [-0.2, 0) is 25.8 Å². The van der Waals surface area contributed by atoms with E-state index >= 15 is 0 Å². The van der Waals surface area contributed by atoms with Crippen molar-refractivity contribution in [1.82, 2.24) is 25.0 Å². The van der Waals surface area contributed by atoms with Crippen LogP contribution in [0.5, 0.6) is 0 Å². The first kappa shape index (κ1) is 29.1. The standard InChI is InChI=1S/C23H27FN4O2.C9H14N2/c1-15-18(23(29)28-10-3-2-4-21(28)25-15)9-13-27-11-7-16(8-12-27)22-19-6-5-17(24)14-20(19)30-26-22;1-8(11-10)7-9-5-3-2-4-6-9/h5-6,14,16H,2-4,7-13H2,1H3;2-6,8,11H,7,10H2,1H3. The molecule has 4 heterocycles. The number of aromatic nitrogens is 3. The number of aryl methyl sites for hydroxylation is 2. The van der Waals surface area contributed by atoms with Crippen molar-refractivity contribution in [2.75, 3.05) is 19.6 Å². The molecule has 1 atom stereocenters. The largest absolute Gasteiger partial charge is 0.356 e. The second-order valence-electron chi connectivity index (χ2n) is 11.3. The molecule has 9 heteroatoms. The predicted octanol–water partition coefficient (Wildman–Crippen LogP) is 4.67. The zero-order chi connectivity index (χ0) is 28.8. The monoisotopic (exact) mass is 560 g/mol. The van der Waals surface area contributed by atoms with Crippen LogP contribution in [0.3, 0.4) is 0 Å². The fourth-order valence-electron chi connectivity index (χ4n) is 5.97. The number of halogens is 1. The lowest BCUT2D eigenvalue weighted by Crippen LogP contribution is -2.37. The van der Waals surface area contributed by atoms with Crippen LogP contribution in [0.4, 0.5) is 4.39 Å². The molecule has 1 saturated heterocycles. The molecule has 0 aliphatic carbocycles. The van der Waals surface area contributed by atoms with Gasteiger partial charge in [0.05, 0.1) is 5.69 Å². The topological polar surface area (TPSA) is 102 Å². The Kier molecular flexibility index (Phi) is 9.59. The summed E-state index contributed by atoms with van der Waals surface area (Å²) in [7, 11) is 0. The van der Waals surface area contributed by atoms with Gasteiger partial charge in [0.25, 0.3) is 5.56 Å². The molecule has 0 amide bonds. The highest BCUT2D eigenvalue weighted by atomic mass is 19.1. The van der Waals surface area contributed by atoms with Crippen molar-refractivity contribution in [2.24, 2.45) is 5.84 Å². The average Bonchev–Trinajstić information content (AvgIpc) is 3.41. The van der Waals surface area contributed by atoms with Crippen LogP contribution < -0.4 is 16.8 Å². The Morgan fingerprint density at radius 2 is 1.90 bits per heavy atom. The summed E-state index contributed by atoms with van der Waals surface area (Å²) in [6, 6.07) is 15.3. The predicted molar refractivity (Wildman–Crippen MR) is 159 cm³/mol. The van der Waals surface area contributed by atoms with Crippen molar-refractivity contribution >= 4 is 11.0 Å². The van der Waals surface area contributed by atoms with Crippen LogP contribution in [0.1, 0.15) is 66.9 Å². The van der Waals surface area contributed by atoms with Crippen molar-refractivity contribution in [2.45, 2.75) is 77.3 Å². The molecular weight excluding hydrogens is 519 g/mol. The van der Waals surface area contributed by atoms with Crippen LogP contribution in [0.2, 0.25) is 0 Å². The zero-order valence-corrected chi connectivity index (χ0v) is 24.1. The van der Waals surface area contributed by atoms with Crippen molar-refractivity contribution in [3.63, 3.8) is 0 Å². The minimum atomic E-state index is -0.303. The summed E-state index contributed by atoms with van der Waals surface area (Å²) < 4.78 is 20.6. The maximum atomic E-state index is 13.4. The van der Waals surface area contributed by atoms with Gasteiger partial charge in [-0.1, -0.05) is 35.5 Å². The molecule has 218 valence electrons. The normalized spacial score (nSPS) is 16.7. The fraction of sp³-hybridized carbons (Fsp3) is 0.469. The molecule has 4 aromatic rings. The molecule has 3 N–H and O–H groups in total. The smallest absolute Gasteiger partial charge is 0.256 e. The van der Waals surface area contributed by atoms with Crippen LogP contribution in [-0.4, -0.2) is 45.3 Å². The first-order valence-corrected chi connectivity index (χ1v) is 14.8. The van der Waals surface area contributed by atoms with Gasteiger partial charge in [-0.05, 0) is 83.2 Å². The van der Waals surface area contributed by atoms with E-state index in [0.29, 0.717) is 17.5 Å². The van der Waals surface area contributed by atoms with E-state index in [1.807, 2.05) is 29.7 Å². The van der Waals surface area contributed by atoms with E-state index in [2.05, 4.69) is 34.5 Å². The number of hydrogen-bond acceptors (Lipinski definition) is 7. The van der Waals surface area contributed by atoms with Gasteiger partial charge < -0.3 is 9.42 Å². The Morgan fingerprint density at radius 3 is 2.66 bits per heavy atom. The number of nitrogens with two attached hydrogens (primary N) is 1. The van der Waals surface area contributed by atoms with Crippen LogP contribution >= 0.6 is 0 Å². The number of rotatable bonds is 7. The number of benzene rings is 2. The Hall–Kier alpha value is -3.40. The second-order valence-corrected chi connectivity index (χ2v) is 11.3. The Bertz CT molecular complexity index is 1490. The van der Waals surface area contributed by atoms with Gasteiger partial charge in [-0.3, -0.25) is 20.6 Å². The van der Waals surface area contributed by atoms with Gasteiger partial charge in [0.2, 0.25) is 0 Å². The first-order chi connectivity index (χ1) is 19.9. The van der Waals surface area contributed by atoms with Gasteiger partial charge >= 0.3 is 0 Å². The summed E-state index contributed by atoms with van der Waals surface area (Å²) in [6.07, 6.45) is 6.79. The lowest BCUT2D eigenvalue weighted by molar-refractivity contribution is 0.211. The van der Waals surface area contributed by atoms with E-state index in [1.54, 1.807) is 6.07 Å². The van der Waals surface area contributed by atoms with Gasteiger partial charge in [-0.25, -0.2) is 9.37 Å². The highest BCUT2D eigenvalue weighted by Crippen LogP contribution is 2.32. The van der Waals surface area contributed by atoms with Crippen molar-refractivity contribution in [3.05, 3.63) is 93.0 Å². The van der Waals surface area contributed by atoms with Gasteiger partial charge in [0.1, 0.15) is 11.6 Å². The minimum Gasteiger partial charge on any atom is -0.356 e. The fourth-order valence-corrected chi connectivity index (χ4v) is 5.97. The molecule has 0 saturated carbocycles. The Labute approximate surface area is 240 Å². The first-order valence-electron chi connectivity index (χ1n) is 14.8. The molecule has 8 nitrogen and oxygen atoms in total. The van der Waals surface area contributed by atoms with Crippen LogP contribution in [0.15, 0.2) is 57.8 Å². The minimum absolute atomic E-state index is 0.161. The molecule has 41 heavy (non-hydrogen) atoms. The number of hydrogen-bond donors (Lipinski definition) is 2. The summed E-state index contributed by atoms with van der Waals surface area (Å²) >= 11 is 0. The number of nitrogens with zero attached hydrogens (tertiary/aromatic N) is 4. The van der Waals surface area contributed by atoms with Crippen LogP contribution in [0, 0.1) is 12.7 Å². The van der Waals surface area contributed by atoms with E-state index in [4.69, 9.17) is 15.3 Å². The van der Waals surface area contributed by atoms with E-state index in [0.717, 1.165) is 99.3 Å².